The number of hydrogen-bond donors (Lipinski definition) is 0. The van der Waals surface area contributed by atoms with E-state index in [9.17, 15) is 4.79 Å². The highest BCUT2D eigenvalue weighted by Crippen LogP contribution is 2.28. The first-order valence-electron chi connectivity index (χ1n) is 7.69. The number of furan rings is 1. The summed E-state index contributed by atoms with van der Waals surface area (Å²) in [6.07, 6.45) is 2.68. The minimum atomic E-state index is 0.110. The largest absolute Gasteiger partial charge is 0.493 e. The average molecular weight is 317 g/mol. The molecular formula is C18H23NO4. The molecule has 1 amide bonds. The highest BCUT2D eigenvalue weighted by atomic mass is 16.5. The van der Waals surface area contributed by atoms with Crippen LogP contribution in [0.3, 0.4) is 0 Å². The van der Waals surface area contributed by atoms with Crippen molar-refractivity contribution in [2.24, 2.45) is 0 Å². The van der Waals surface area contributed by atoms with Crippen molar-refractivity contribution in [2.45, 2.75) is 26.3 Å². The van der Waals surface area contributed by atoms with Gasteiger partial charge in [0.15, 0.2) is 11.5 Å². The van der Waals surface area contributed by atoms with Crippen LogP contribution < -0.4 is 9.47 Å². The number of rotatable bonds is 8. The van der Waals surface area contributed by atoms with Crippen LogP contribution in [0.4, 0.5) is 0 Å². The van der Waals surface area contributed by atoms with Crippen LogP contribution in [0.5, 0.6) is 11.5 Å². The van der Waals surface area contributed by atoms with E-state index >= 15 is 0 Å². The first-order chi connectivity index (χ1) is 11.2. The lowest BCUT2D eigenvalue weighted by Gasteiger charge is -2.21. The molecule has 0 unspecified atom stereocenters. The third kappa shape index (κ3) is 4.52. The first-order valence-corrected chi connectivity index (χ1v) is 7.69. The number of carbonyl (C=O) groups is 1. The predicted molar refractivity (Wildman–Crippen MR) is 87.7 cm³/mol. The molecule has 0 atom stereocenters. The van der Waals surface area contributed by atoms with Crippen LogP contribution in [0.1, 0.15) is 24.7 Å². The number of amides is 1. The molecule has 0 saturated carbocycles. The maximum Gasteiger partial charge on any atom is 0.223 e. The average Bonchev–Trinajstić information content (AvgIpc) is 3.10. The van der Waals surface area contributed by atoms with Gasteiger partial charge in [-0.15, -0.1) is 0 Å². The standard InChI is InChI=1S/C18H23NO4/c1-4-19(18(20)10-8-15-6-5-11-23-15)13-14-7-9-16(21-2)17(12-14)22-3/h5-7,9,11-12H,4,8,10,13H2,1-3H3. The third-order valence-electron chi connectivity index (χ3n) is 3.72. The Bertz CT molecular complexity index is 622. The second-order valence-corrected chi connectivity index (χ2v) is 5.18. The summed E-state index contributed by atoms with van der Waals surface area (Å²) in [7, 11) is 3.21. The zero-order chi connectivity index (χ0) is 16.7. The lowest BCUT2D eigenvalue weighted by Crippen LogP contribution is -2.30. The fraction of sp³-hybridized carbons (Fsp3) is 0.389. The quantitative estimate of drug-likeness (QED) is 0.750. The number of methoxy groups -OCH3 is 2. The van der Waals surface area contributed by atoms with Gasteiger partial charge in [0.2, 0.25) is 5.91 Å². The third-order valence-corrected chi connectivity index (χ3v) is 3.72. The van der Waals surface area contributed by atoms with Crippen molar-refractivity contribution in [3.8, 4) is 11.5 Å². The summed E-state index contributed by atoms with van der Waals surface area (Å²) in [6, 6.07) is 9.43. The first kappa shape index (κ1) is 16.9. The second-order valence-electron chi connectivity index (χ2n) is 5.18. The zero-order valence-electron chi connectivity index (χ0n) is 13.9. The summed E-state index contributed by atoms with van der Waals surface area (Å²) < 4.78 is 15.8. The lowest BCUT2D eigenvalue weighted by molar-refractivity contribution is -0.131. The van der Waals surface area contributed by atoms with Gasteiger partial charge < -0.3 is 18.8 Å². The van der Waals surface area contributed by atoms with Crippen molar-refractivity contribution in [1.29, 1.82) is 0 Å². The molecule has 0 N–H and O–H groups in total. The fourth-order valence-electron chi connectivity index (χ4n) is 2.42. The molecule has 2 rings (SSSR count). The van der Waals surface area contributed by atoms with Crippen LogP contribution >= 0.6 is 0 Å². The Morgan fingerprint density at radius 2 is 1.96 bits per heavy atom. The van der Waals surface area contributed by atoms with Gasteiger partial charge in [0.1, 0.15) is 5.76 Å². The van der Waals surface area contributed by atoms with E-state index < -0.39 is 0 Å². The Morgan fingerprint density at radius 3 is 2.57 bits per heavy atom. The molecular weight excluding hydrogens is 294 g/mol. The molecule has 1 aromatic carbocycles. The van der Waals surface area contributed by atoms with Crippen molar-refractivity contribution in [3.63, 3.8) is 0 Å². The van der Waals surface area contributed by atoms with Gasteiger partial charge in [-0.05, 0) is 36.8 Å². The monoisotopic (exact) mass is 317 g/mol. The number of ether oxygens (including phenoxy) is 2. The molecule has 5 heteroatoms. The Labute approximate surface area is 136 Å². The molecule has 23 heavy (non-hydrogen) atoms. The van der Waals surface area contributed by atoms with Gasteiger partial charge in [-0.25, -0.2) is 0 Å². The Hall–Kier alpha value is -2.43. The van der Waals surface area contributed by atoms with Crippen LogP contribution in [-0.4, -0.2) is 31.6 Å². The Morgan fingerprint density at radius 1 is 1.17 bits per heavy atom. The number of carbonyl (C=O) groups excluding carboxylic acids is 1. The molecule has 1 aromatic heterocycles. The molecule has 0 bridgehead atoms. The summed E-state index contributed by atoms with van der Waals surface area (Å²) in [6.45, 7) is 3.19. The topological polar surface area (TPSA) is 51.9 Å². The van der Waals surface area contributed by atoms with Crippen molar-refractivity contribution in [3.05, 3.63) is 47.9 Å². The van der Waals surface area contributed by atoms with E-state index in [-0.39, 0.29) is 5.91 Å². The second kappa shape index (κ2) is 8.27. The summed E-state index contributed by atoms with van der Waals surface area (Å²) >= 11 is 0. The van der Waals surface area contributed by atoms with Crippen LogP contribution in [0.2, 0.25) is 0 Å². The smallest absolute Gasteiger partial charge is 0.223 e. The van der Waals surface area contributed by atoms with E-state index in [1.165, 1.54) is 0 Å². The van der Waals surface area contributed by atoms with E-state index in [4.69, 9.17) is 13.9 Å². The fourth-order valence-corrected chi connectivity index (χ4v) is 2.42. The number of hydrogen-bond acceptors (Lipinski definition) is 4. The van der Waals surface area contributed by atoms with Gasteiger partial charge in [0.05, 0.1) is 20.5 Å². The number of benzene rings is 1. The number of nitrogens with zero attached hydrogens (tertiary/aromatic N) is 1. The lowest BCUT2D eigenvalue weighted by atomic mass is 10.1. The molecule has 0 saturated heterocycles. The highest BCUT2D eigenvalue weighted by molar-refractivity contribution is 5.76. The minimum absolute atomic E-state index is 0.110. The van der Waals surface area contributed by atoms with Gasteiger partial charge in [-0.1, -0.05) is 6.07 Å². The maximum atomic E-state index is 12.4. The molecule has 5 nitrogen and oxygen atoms in total. The molecule has 0 aliphatic heterocycles. The summed E-state index contributed by atoms with van der Waals surface area (Å²) in [4.78, 5) is 14.2. The van der Waals surface area contributed by atoms with Crippen molar-refractivity contribution >= 4 is 5.91 Å². The maximum absolute atomic E-state index is 12.4. The van der Waals surface area contributed by atoms with E-state index in [2.05, 4.69) is 0 Å². The molecule has 0 spiro atoms. The van der Waals surface area contributed by atoms with Crippen LogP contribution in [0, 0.1) is 0 Å². The molecule has 124 valence electrons. The minimum Gasteiger partial charge on any atom is -0.493 e. The molecule has 0 fully saturated rings. The molecule has 0 aliphatic carbocycles. The Kier molecular flexibility index (Phi) is 6.09. The predicted octanol–water partition coefficient (Wildman–Crippen LogP) is 3.28. The molecule has 0 radical (unpaired) electrons. The van der Waals surface area contributed by atoms with E-state index in [1.54, 1.807) is 20.5 Å². The van der Waals surface area contributed by atoms with E-state index in [1.807, 2.05) is 42.2 Å². The summed E-state index contributed by atoms with van der Waals surface area (Å²) in [5.74, 6) is 2.30. The van der Waals surface area contributed by atoms with Gasteiger partial charge >= 0.3 is 0 Å². The summed E-state index contributed by atoms with van der Waals surface area (Å²) in [5, 5.41) is 0. The van der Waals surface area contributed by atoms with Crippen LogP contribution in [0.25, 0.3) is 0 Å². The van der Waals surface area contributed by atoms with Gasteiger partial charge in [-0.2, -0.15) is 0 Å². The Balaban J connectivity index is 1.99. The number of aryl methyl sites for hydroxylation is 1. The van der Waals surface area contributed by atoms with Crippen molar-refractivity contribution in [1.82, 2.24) is 4.90 Å². The van der Waals surface area contributed by atoms with Crippen LogP contribution in [-0.2, 0) is 17.8 Å². The normalized spacial score (nSPS) is 10.4. The van der Waals surface area contributed by atoms with E-state index in [0.29, 0.717) is 37.4 Å². The SMILES string of the molecule is CCN(Cc1ccc(OC)c(OC)c1)C(=O)CCc1ccco1. The van der Waals surface area contributed by atoms with Gasteiger partial charge in [-0.3, -0.25) is 4.79 Å². The van der Waals surface area contributed by atoms with Crippen LogP contribution in [0.15, 0.2) is 41.0 Å². The molecule has 2 aromatic rings. The molecule has 1 heterocycles. The molecule has 0 aliphatic rings. The zero-order valence-corrected chi connectivity index (χ0v) is 13.9. The van der Waals surface area contributed by atoms with Crippen molar-refractivity contribution < 1.29 is 18.7 Å². The van der Waals surface area contributed by atoms with E-state index in [0.717, 1.165) is 11.3 Å². The van der Waals surface area contributed by atoms with Gasteiger partial charge in [0, 0.05) is 25.9 Å². The van der Waals surface area contributed by atoms with Crippen molar-refractivity contribution in [2.75, 3.05) is 20.8 Å². The summed E-state index contributed by atoms with van der Waals surface area (Å²) in [5.41, 5.74) is 1.01. The highest BCUT2D eigenvalue weighted by Gasteiger charge is 2.14. The van der Waals surface area contributed by atoms with Gasteiger partial charge in [0.25, 0.3) is 0 Å².